The van der Waals surface area contributed by atoms with Crippen molar-refractivity contribution < 1.29 is 23.8 Å². The number of hydrogen-bond acceptors (Lipinski definition) is 10. The van der Waals surface area contributed by atoms with E-state index in [0.717, 1.165) is 21.9 Å². The van der Waals surface area contributed by atoms with E-state index < -0.39 is 23.9 Å². The number of halogens is 1. The molecule has 14 nitrogen and oxygen atoms in total. The van der Waals surface area contributed by atoms with Gasteiger partial charge in [0.15, 0.2) is 5.65 Å². The number of aliphatic hydroxyl groups is 1. The van der Waals surface area contributed by atoms with Gasteiger partial charge in [-0.2, -0.15) is 14.9 Å². The third kappa shape index (κ3) is 5.64. The van der Waals surface area contributed by atoms with Gasteiger partial charge in [-0.15, -0.1) is 0 Å². The van der Waals surface area contributed by atoms with Crippen LogP contribution in [0.25, 0.3) is 22.3 Å². The normalized spacial score (nSPS) is 16.7. The van der Waals surface area contributed by atoms with Gasteiger partial charge < -0.3 is 25.8 Å². The number of aliphatic hydroxyl groups excluding tert-OH is 1. The van der Waals surface area contributed by atoms with Crippen LogP contribution in [0.2, 0.25) is 0 Å². The molecule has 0 aliphatic carbocycles. The van der Waals surface area contributed by atoms with Crippen molar-refractivity contribution in [3.05, 3.63) is 78.4 Å². The van der Waals surface area contributed by atoms with Crippen LogP contribution in [0.1, 0.15) is 28.8 Å². The minimum Gasteiger partial charge on any atom is -0.496 e. The number of methoxy groups -OCH3 is 1. The number of β-amino-alcohol motifs (C(OH)–C–C–N with tert-alkyl or cyclic N) is 1. The van der Waals surface area contributed by atoms with Gasteiger partial charge in [-0.3, -0.25) is 4.79 Å². The Bertz CT molecular complexity index is 1810. The first kappa shape index (κ1) is 28.7. The summed E-state index contributed by atoms with van der Waals surface area (Å²) in [7, 11) is 1.42. The van der Waals surface area contributed by atoms with Crippen LogP contribution in [0.5, 0.6) is 5.75 Å². The number of nitrogens with one attached hydrogen (secondary N) is 1. The number of carbonyl (C=O) groups is 2. The lowest BCUT2D eigenvalue weighted by atomic mass is 10.0. The number of carbonyl (C=O) groups excluding carboxylic acids is 2. The number of rotatable bonds is 7. The molecule has 0 radical (unpaired) electrons. The highest BCUT2D eigenvalue weighted by atomic mass is 19.1. The quantitative estimate of drug-likeness (QED) is 0.251. The van der Waals surface area contributed by atoms with Crippen LogP contribution in [0.3, 0.4) is 0 Å². The minimum atomic E-state index is -0.652. The zero-order valence-corrected chi connectivity index (χ0v) is 23.7. The molecule has 44 heavy (non-hydrogen) atoms. The smallest absolute Gasteiger partial charge is 0.346 e. The van der Waals surface area contributed by atoms with Crippen LogP contribution >= 0.6 is 0 Å². The number of hydrogen-bond donors (Lipinski definition) is 3. The van der Waals surface area contributed by atoms with E-state index in [2.05, 4.69) is 25.4 Å². The molecule has 5 aromatic rings. The average molecular weight is 601 g/mol. The monoisotopic (exact) mass is 600 g/mol. The van der Waals surface area contributed by atoms with Gasteiger partial charge in [0.1, 0.15) is 42.1 Å². The van der Waals surface area contributed by atoms with Gasteiger partial charge in [-0.1, -0.05) is 24.3 Å². The number of piperidine rings is 1. The van der Waals surface area contributed by atoms with Crippen molar-refractivity contribution in [3.63, 3.8) is 0 Å². The fourth-order valence-electron chi connectivity index (χ4n) is 5.35. The van der Waals surface area contributed by atoms with E-state index in [-0.39, 0.29) is 36.3 Å². The summed E-state index contributed by atoms with van der Waals surface area (Å²) in [6.45, 7) is 0.646. The van der Waals surface area contributed by atoms with E-state index in [9.17, 15) is 19.1 Å². The molecule has 2 atom stereocenters. The van der Waals surface area contributed by atoms with E-state index in [1.165, 1.54) is 38.2 Å². The SMILES string of the molecule is COc1ccc(F)cc1C(=O)NCc1ccc(-c2nn(CC3CCC(O)CN3C(=O)n3cncn3)c3ncnc(N)c23)cc1. The standard InChI is InChI=1S/C29H29FN10O4/c1-44-23-9-6-19(30)10-22(23)28(42)33-11-17-2-4-18(5-3-17)25-24-26(31)34-15-35-27(24)39(37-25)12-20-7-8-21(41)13-38(20)29(43)40-16-32-14-36-40/h2-6,9-10,14-16,20-21,41H,7-8,11-13H2,1H3,(H,33,42)(H2,31,34,35). The molecular weight excluding hydrogens is 571 g/mol. The molecule has 226 valence electrons. The van der Waals surface area contributed by atoms with Crippen LogP contribution in [0, 0.1) is 5.82 Å². The van der Waals surface area contributed by atoms with Crippen molar-refractivity contribution in [1.29, 1.82) is 0 Å². The Kier molecular flexibility index (Phi) is 7.85. The average Bonchev–Trinajstić information content (AvgIpc) is 3.70. The van der Waals surface area contributed by atoms with Crippen LogP contribution in [-0.2, 0) is 13.1 Å². The molecule has 1 fully saturated rings. The van der Waals surface area contributed by atoms with Crippen molar-refractivity contribution in [2.45, 2.75) is 38.1 Å². The molecule has 4 heterocycles. The maximum Gasteiger partial charge on any atom is 0.346 e. The third-order valence-electron chi connectivity index (χ3n) is 7.57. The number of likely N-dealkylation sites (tertiary alicyclic amines) is 1. The lowest BCUT2D eigenvalue weighted by Gasteiger charge is -2.37. The van der Waals surface area contributed by atoms with Gasteiger partial charge in [-0.05, 0) is 36.6 Å². The van der Waals surface area contributed by atoms with Crippen molar-refractivity contribution in [3.8, 4) is 17.0 Å². The first-order chi connectivity index (χ1) is 21.3. The maximum atomic E-state index is 13.7. The largest absolute Gasteiger partial charge is 0.496 e. The molecule has 1 saturated heterocycles. The maximum absolute atomic E-state index is 13.7. The summed E-state index contributed by atoms with van der Waals surface area (Å²) in [5.74, 6) is -0.472. The van der Waals surface area contributed by atoms with Crippen LogP contribution in [0.15, 0.2) is 61.4 Å². The molecular formula is C29H29FN10O4. The van der Waals surface area contributed by atoms with Crippen LogP contribution in [0.4, 0.5) is 15.0 Å². The van der Waals surface area contributed by atoms with Gasteiger partial charge in [-0.25, -0.2) is 28.8 Å². The highest BCUT2D eigenvalue weighted by molar-refractivity contribution is 5.98. The minimum absolute atomic E-state index is 0.102. The molecule has 1 aliphatic rings. The summed E-state index contributed by atoms with van der Waals surface area (Å²) in [4.78, 5) is 39.9. The Labute approximate surface area is 250 Å². The highest BCUT2D eigenvalue weighted by Gasteiger charge is 2.33. The van der Waals surface area contributed by atoms with E-state index in [1.54, 1.807) is 9.58 Å². The number of nitrogens with zero attached hydrogens (tertiary/aromatic N) is 8. The van der Waals surface area contributed by atoms with Gasteiger partial charge in [0.05, 0.1) is 36.8 Å². The van der Waals surface area contributed by atoms with Crippen molar-refractivity contribution in [1.82, 2.24) is 44.7 Å². The van der Waals surface area contributed by atoms with E-state index >= 15 is 0 Å². The van der Waals surface area contributed by atoms with Crippen LogP contribution < -0.4 is 15.8 Å². The molecule has 4 N–H and O–H groups in total. The molecule has 2 aromatic carbocycles. The summed E-state index contributed by atoms with van der Waals surface area (Å²) in [6.07, 6.45) is 4.38. The summed E-state index contributed by atoms with van der Waals surface area (Å²) < 4.78 is 21.7. The molecule has 6 rings (SSSR count). The summed E-state index contributed by atoms with van der Waals surface area (Å²) in [6, 6.07) is 10.4. The number of aromatic nitrogens is 7. The number of fused-ring (bicyclic) bond motifs is 1. The molecule has 0 bridgehead atoms. The van der Waals surface area contributed by atoms with Gasteiger partial charge in [0, 0.05) is 18.7 Å². The zero-order chi connectivity index (χ0) is 30.8. The third-order valence-corrected chi connectivity index (χ3v) is 7.57. The summed E-state index contributed by atoms with van der Waals surface area (Å²) in [5, 5.41) is 22.5. The van der Waals surface area contributed by atoms with Crippen molar-refractivity contribution in [2.24, 2.45) is 0 Å². The van der Waals surface area contributed by atoms with E-state index in [4.69, 9.17) is 15.6 Å². The molecule has 15 heteroatoms. The van der Waals surface area contributed by atoms with Gasteiger partial charge >= 0.3 is 6.03 Å². The number of amides is 2. The van der Waals surface area contributed by atoms with E-state index in [1.807, 2.05) is 24.3 Å². The second-order valence-electron chi connectivity index (χ2n) is 10.4. The van der Waals surface area contributed by atoms with Gasteiger partial charge in [0.25, 0.3) is 5.91 Å². The summed E-state index contributed by atoms with van der Waals surface area (Å²) >= 11 is 0. The fourth-order valence-corrected chi connectivity index (χ4v) is 5.35. The number of nitrogen functional groups attached to an aromatic ring is 1. The Morgan fingerprint density at radius 2 is 1.95 bits per heavy atom. The number of ether oxygens (including phenoxy) is 1. The number of anilines is 1. The lowest BCUT2D eigenvalue weighted by Crippen LogP contribution is -2.52. The van der Waals surface area contributed by atoms with Gasteiger partial charge in [0.2, 0.25) is 0 Å². The fraction of sp³-hybridized carbons (Fsp3) is 0.276. The Morgan fingerprint density at radius 3 is 2.70 bits per heavy atom. The van der Waals surface area contributed by atoms with Crippen molar-refractivity contribution >= 4 is 28.8 Å². The first-order valence-corrected chi connectivity index (χ1v) is 13.8. The predicted molar refractivity (Wildman–Crippen MR) is 156 cm³/mol. The predicted octanol–water partition coefficient (Wildman–Crippen LogP) is 2.24. The number of benzene rings is 2. The molecule has 2 amide bonds. The van der Waals surface area contributed by atoms with Crippen molar-refractivity contribution in [2.75, 3.05) is 19.4 Å². The number of nitrogens with two attached hydrogens (primary N) is 1. The Hall–Kier alpha value is -5.44. The second kappa shape index (κ2) is 12.0. The molecule has 1 aliphatic heterocycles. The zero-order valence-electron chi connectivity index (χ0n) is 23.7. The van der Waals surface area contributed by atoms with Crippen LogP contribution in [-0.4, -0.2) is 82.3 Å². The summed E-state index contributed by atoms with van der Waals surface area (Å²) in [5.41, 5.74) is 9.00. The Balaban J connectivity index is 1.24. The molecule has 0 spiro atoms. The van der Waals surface area contributed by atoms with E-state index in [0.29, 0.717) is 36.1 Å². The lowest BCUT2D eigenvalue weighted by molar-refractivity contribution is 0.0483. The Morgan fingerprint density at radius 1 is 1.14 bits per heavy atom. The molecule has 2 unspecified atom stereocenters. The highest BCUT2D eigenvalue weighted by Crippen LogP contribution is 2.31. The topological polar surface area (TPSA) is 179 Å². The second-order valence-corrected chi connectivity index (χ2v) is 10.4. The molecule has 3 aromatic heterocycles. The molecule has 0 saturated carbocycles. The first-order valence-electron chi connectivity index (χ1n) is 13.8.